The minimum atomic E-state index is 0.828. The zero-order chi connectivity index (χ0) is 9.68. The number of nitrogens with two attached hydrogens (primary N) is 1. The fourth-order valence-corrected chi connectivity index (χ4v) is 2.34. The van der Waals surface area contributed by atoms with Gasteiger partial charge in [-0.1, -0.05) is 13.3 Å². The van der Waals surface area contributed by atoms with E-state index in [1.807, 2.05) is 0 Å². The summed E-state index contributed by atoms with van der Waals surface area (Å²) in [6.07, 6.45) is 6.76. The Kier molecular flexibility index (Phi) is 4.74. The van der Waals surface area contributed by atoms with E-state index in [0.717, 1.165) is 24.9 Å². The molecule has 0 spiro atoms. The minimum absolute atomic E-state index is 0.828. The molecule has 1 aliphatic rings. The van der Waals surface area contributed by atoms with Gasteiger partial charge in [0.2, 0.25) is 0 Å². The number of rotatable bonds is 5. The molecule has 1 fully saturated rings. The van der Waals surface area contributed by atoms with Gasteiger partial charge in [-0.3, -0.25) is 0 Å². The first-order valence-electron chi connectivity index (χ1n) is 5.68. The summed E-state index contributed by atoms with van der Waals surface area (Å²) in [6, 6.07) is 0.844. The number of nitrogens with zero attached hydrogens (tertiary/aromatic N) is 1. The lowest BCUT2D eigenvalue weighted by Gasteiger charge is -2.24. The predicted octanol–water partition coefficient (Wildman–Crippen LogP) is 1.85. The molecule has 0 saturated heterocycles. The highest BCUT2D eigenvalue weighted by atomic mass is 15.1. The second-order valence-corrected chi connectivity index (χ2v) is 4.36. The van der Waals surface area contributed by atoms with Crippen molar-refractivity contribution in [3.63, 3.8) is 0 Å². The normalized spacial score (nSPS) is 28.6. The van der Waals surface area contributed by atoms with E-state index >= 15 is 0 Å². The summed E-state index contributed by atoms with van der Waals surface area (Å²) in [4.78, 5) is 2.50. The Morgan fingerprint density at radius 1 is 1.38 bits per heavy atom. The summed E-state index contributed by atoms with van der Waals surface area (Å²) in [6.45, 7) is 4.32. The number of hydrogen-bond acceptors (Lipinski definition) is 2. The molecule has 2 heteroatoms. The maximum atomic E-state index is 5.50. The molecule has 0 radical (unpaired) electrons. The fraction of sp³-hybridized carbons (Fsp3) is 1.00. The van der Waals surface area contributed by atoms with Gasteiger partial charge in [0.25, 0.3) is 0 Å². The second kappa shape index (κ2) is 5.61. The van der Waals surface area contributed by atoms with E-state index in [2.05, 4.69) is 18.9 Å². The van der Waals surface area contributed by atoms with Crippen LogP contribution in [-0.2, 0) is 0 Å². The fourth-order valence-electron chi connectivity index (χ4n) is 2.34. The molecule has 1 saturated carbocycles. The summed E-state index contributed by atoms with van der Waals surface area (Å²) < 4.78 is 0. The van der Waals surface area contributed by atoms with Crippen molar-refractivity contribution in [2.45, 2.75) is 45.1 Å². The van der Waals surface area contributed by atoms with Crippen LogP contribution in [-0.4, -0.2) is 31.1 Å². The van der Waals surface area contributed by atoms with E-state index in [9.17, 15) is 0 Å². The SMILES string of the molecule is CCC1CCC(N(C)CCCN)C1. The Morgan fingerprint density at radius 2 is 2.15 bits per heavy atom. The molecular weight excluding hydrogens is 160 g/mol. The van der Waals surface area contributed by atoms with Gasteiger partial charge < -0.3 is 10.6 Å². The van der Waals surface area contributed by atoms with E-state index in [-0.39, 0.29) is 0 Å². The molecule has 2 atom stereocenters. The van der Waals surface area contributed by atoms with Gasteiger partial charge in [0.05, 0.1) is 0 Å². The van der Waals surface area contributed by atoms with E-state index in [0.29, 0.717) is 0 Å². The van der Waals surface area contributed by atoms with Crippen molar-refractivity contribution in [3.05, 3.63) is 0 Å². The molecule has 1 rings (SSSR count). The van der Waals surface area contributed by atoms with Crippen molar-refractivity contribution < 1.29 is 0 Å². The molecule has 1 aliphatic carbocycles. The van der Waals surface area contributed by atoms with Crippen LogP contribution in [0.3, 0.4) is 0 Å². The van der Waals surface area contributed by atoms with Crippen LogP contribution in [0.15, 0.2) is 0 Å². The quantitative estimate of drug-likeness (QED) is 0.706. The molecular formula is C11H24N2. The molecule has 2 nitrogen and oxygen atoms in total. The first-order valence-corrected chi connectivity index (χ1v) is 5.68. The highest BCUT2D eigenvalue weighted by Crippen LogP contribution is 2.30. The molecule has 78 valence electrons. The maximum Gasteiger partial charge on any atom is 0.00949 e. The second-order valence-electron chi connectivity index (χ2n) is 4.36. The third kappa shape index (κ3) is 3.28. The average Bonchev–Trinajstić information content (AvgIpc) is 2.62. The van der Waals surface area contributed by atoms with Crippen molar-refractivity contribution in [2.75, 3.05) is 20.1 Å². The Bertz CT molecular complexity index is 136. The van der Waals surface area contributed by atoms with Crippen LogP contribution in [0.25, 0.3) is 0 Å². The Hall–Kier alpha value is -0.0800. The summed E-state index contributed by atoms with van der Waals surface area (Å²) in [5.41, 5.74) is 5.50. The summed E-state index contributed by atoms with van der Waals surface area (Å²) in [5.74, 6) is 0.991. The molecule has 2 unspecified atom stereocenters. The molecule has 2 N–H and O–H groups in total. The first-order chi connectivity index (χ1) is 6.27. The van der Waals surface area contributed by atoms with Gasteiger partial charge in [0.15, 0.2) is 0 Å². The molecule has 0 bridgehead atoms. The van der Waals surface area contributed by atoms with Crippen molar-refractivity contribution in [1.82, 2.24) is 4.90 Å². The smallest absolute Gasteiger partial charge is 0.00949 e. The van der Waals surface area contributed by atoms with E-state index in [1.165, 1.54) is 32.2 Å². The van der Waals surface area contributed by atoms with E-state index in [1.54, 1.807) is 0 Å². The van der Waals surface area contributed by atoms with Gasteiger partial charge in [0.1, 0.15) is 0 Å². The van der Waals surface area contributed by atoms with Crippen molar-refractivity contribution in [2.24, 2.45) is 11.7 Å². The Balaban J connectivity index is 2.20. The standard InChI is InChI=1S/C11H24N2/c1-3-10-5-6-11(9-10)13(2)8-4-7-12/h10-11H,3-9,12H2,1-2H3. The Labute approximate surface area is 82.5 Å². The van der Waals surface area contributed by atoms with E-state index < -0.39 is 0 Å². The van der Waals surface area contributed by atoms with Gasteiger partial charge >= 0.3 is 0 Å². The van der Waals surface area contributed by atoms with Crippen LogP contribution in [0.2, 0.25) is 0 Å². The molecule has 0 aromatic carbocycles. The first kappa shape index (κ1) is 11.0. The Morgan fingerprint density at radius 3 is 2.69 bits per heavy atom. The number of hydrogen-bond donors (Lipinski definition) is 1. The molecule has 0 amide bonds. The lowest BCUT2D eigenvalue weighted by molar-refractivity contribution is 0.238. The minimum Gasteiger partial charge on any atom is -0.330 e. The van der Waals surface area contributed by atoms with Gasteiger partial charge in [-0.2, -0.15) is 0 Å². The van der Waals surface area contributed by atoms with E-state index in [4.69, 9.17) is 5.73 Å². The average molecular weight is 184 g/mol. The predicted molar refractivity (Wildman–Crippen MR) is 57.7 cm³/mol. The monoisotopic (exact) mass is 184 g/mol. The summed E-state index contributed by atoms with van der Waals surface area (Å²) >= 11 is 0. The van der Waals surface area contributed by atoms with Crippen LogP contribution in [0, 0.1) is 5.92 Å². The van der Waals surface area contributed by atoms with Crippen molar-refractivity contribution in [3.8, 4) is 0 Å². The van der Waals surface area contributed by atoms with Gasteiger partial charge in [-0.05, 0) is 51.7 Å². The molecule has 0 heterocycles. The van der Waals surface area contributed by atoms with Crippen LogP contribution in [0.1, 0.15) is 39.0 Å². The third-order valence-corrected chi connectivity index (χ3v) is 3.43. The lowest BCUT2D eigenvalue weighted by atomic mass is 10.1. The van der Waals surface area contributed by atoms with Crippen LogP contribution in [0.4, 0.5) is 0 Å². The topological polar surface area (TPSA) is 29.3 Å². The molecule has 13 heavy (non-hydrogen) atoms. The largest absolute Gasteiger partial charge is 0.330 e. The third-order valence-electron chi connectivity index (χ3n) is 3.43. The lowest BCUT2D eigenvalue weighted by Crippen LogP contribution is -2.31. The molecule has 0 aromatic rings. The zero-order valence-electron chi connectivity index (χ0n) is 9.13. The van der Waals surface area contributed by atoms with Crippen molar-refractivity contribution in [1.29, 1.82) is 0 Å². The van der Waals surface area contributed by atoms with Gasteiger partial charge in [-0.25, -0.2) is 0 Å². The molecule has 0 aliphatic heterocycles. The highest BCUT2D eigenvalue weighted by Gasteiger charge is 2.25. The van der Waals surface area contributed by atoms with Crippen LogP contribution in [0.5, 0.6) is 0 Å². The zero-order valence-corrected chi connectivity index (χ0v) is 9.13. The van der Waals surface area contributed by atoms with Crippen LogP contribution < -0.4 is 5.73 Å². The molecule has 0 aromatic heterocycles. The highest BCUT2D eigenvalue weighted by molar-refractivity contribution is 4.80. The van der Waals surface area contributed by atoms with Crippen molar-refractivity contribution >= 4 is 0 Å². The van der Waals surface area contributed by atoms with Gasteiger partial charge in [0, 0.05) is 6.04 Å². The van der Waals surface area contributed by atoms with Gasteiger partial charge in [-0.15, -0.1) is 0 Å². The van der Waals surface area contributed by atoms with Crippen LogP contribution >= 0.6 is 0 Å². The summed E-state index contributed by atoms with van der Waals surface area (Å²) in [5, 5.41) is 0. The summed E-state index contributed by atoms with van der Waals surface area (Å²) in [7, 11) is 2.25. The maximum absolute atomic E-state index is 5.50.